The number of anilines is 1. The first-order chi connectivity index (χ1) is 10.5. The van der Waals surface area contributed by atoms with Crippen molar-refractivity contribution in [2.75, 3.05) is 18.5 Å². The van der Waals surface area contributed by atoms with Crippen LogP contribution in [0, 0.1) is 0 Å². The van der Waals surface area contributed by atoms with Crippen LogP contribution >= 0.6 is 24.0 Å². The van der Waals surface area contributed by atoms with Crippen LogP contribution in [0.4, 0.5) is 5.69 Å². The molecular weight excluding hydrogens is 320 g/mol. The normalized spacial score (nSPS) is 17.7. The summed E-state index contributed by atoms with van der Waals surface area (Å²) in [4.78, 5) is 25.7. The Morgan fingerprint density at radius 3 is 2.59 bits per heavy atom. The lowest BCUT2D eigenvalue weighted by Gasteiger charge is -2.12. The van der Waals surface area contributed by atoms with E-state index in [1.54, 1.807) is 24.3 Å². The van der Waals surface area contributed by atoms with Gasteiger partial charge in [-0.15, -0.1) is 0 Å². The molecule has 1 N–H and O–H groups in total. The van der Waals surface area contributed by atoms with Gasteiger partial charge in [0.1, 0.15) is 10.1 Å². The Morgan fingerprint density at radius 2 is 2.05 bits per heavy atom. The SMILES string of the molecule is CCOc1ccc(NC(=O)CC2SC(=S)N(CC)C2=O)cc1. The van der Waals surface area contributed by atoms with Crippen molar-refractivity contribution in [1.82, 2.24) is 4.90 Å². The van der Waals surface area contributed by atoms with E-state index in [1.165, 1.54) is 16.7 Å². The maximum atomic E-state index is 12.1. The summed E-state index contributed by atoms with van der Waals surface area (Å²) in [7, 11) is 0. The lowest BCUT2D eigenvalue weighted by molar-refractivity contribution is -0.128. The summed E-state index contributed by atoms with van der Waals surface area (Å²) in [6, 6.07) is 7.13. The van der Waals surface area contributed by atoms with E-state index in [0.717, 1.165) is 5.75 Å². The van der Waals surface area contributed by atoms with Crippen molar-refractivity contribution in [3.05, 3.63) is 24.3 Å². The van der Waals surface area contributed by atoms with Crippen molar-refractivity contribution in [1.29, 1.82) is 0 Å². The van der Waals surface area contributed by atoms with Crippen LogP contribution in [0.5, 0.6) is 5.75 Å². The standard InChI is InChI=1S/C15H18N2O3S2/c1-3-17-14(19)12(22-15(17)21)9-13(18)16-10-5-7-11(8-6-10)20-4-2/h5-8,12H,3-4,9H2,1-2H3,(H,16,18). The second-order valence-corrected chi connectivity index (χ2v) is 6.50. The van der Waals surface area contributed by atoms with Gasteiger partial charge in [-0.2, -0.15) is 0 Å². The highest BCUT2D eigenvalue weighted by Crippen LogP contribution is 2.29. The number of thioether (sulfide) groups is 1. The van der Waals surface area contributed by atoms with E-state index >= 15 is 0 Å². The number of hydrogen-bond donors (Lipinski definition) is 1. The zero-order valence-corrected chi connectivity index (χ0v) is 14.1. The zero-order chi connectivity index (χ0) is 16.1. The van der Waals surface area contributed by atoms with Crippen LogP contribution in [0.1, 0.15) is 20.3 Å². The van der Waals surface area contributed by atoms with Crippen LogP contribution in [0.25, 0.3) is 0 Å². The molecule has 2 rings (SSSR count). The number of benzene rings is 1. The molecule has 1 aliphatic rings. The van der Waals surface area contributed by atoms with Crippen LogP contribution in [-0.2, 0) is 9.59 Å². The third-order valence-electron chi connectivity index (χ3n) is 3.14. The van der Waals surface area contributed by atoms with Crippen molar-refractivity contribution in [3.63, 3.8) is 0 Å². The summed E-state index contributed by atoms with van der Waals surface area (Å²) in [5, 5.41) is 2.36. The fourth-order valence-corrected chi connectivity index (χ4v) is 3.71. The molecule has 0 radical (unpaired) electrons. The topological polar surface area (TPSA) is 58.6 Å². The Morgan fingerprint density at radius 1 is 1.36 bits per heavy atom. The van der Waals surface area contributed by atoms with Crippen LogP contribution in [0.2, 0.25) is 0 Å². The summed E-state index contributed by atoms with van der Waals surface area (Å²) in [5.74, 6) is 0.473. The molecule has 1 heterocycles. The lowest BCUT2D eigenvalue weighted by atomic mass is 10.2. The largest absolute Gasteiger partial charge is 0.494 e. The highest BCUT2D eigenvalue weighted by molar-refractivity contribution is 8.24. The molecule has 1 aromatic carbocycles. The molecule has 7 heteroatoms. The first-order valence-corrected chi connectivity index (χ1v) is 8.38. The summed E-state index contributed by atoms with van der Waals surface area (Å²) < 4.78 is 5.89. The second kappa shape index (κ2) is 7.60. The van der Waals surface area contributed by atoms with Gasteiger partial charge < -0.3 is 10.1 Å². The molecule has 0 aromatic heterocycles. The maximum Gasteiger partial charge on any atom is 0.242 e. The minimum atomic E-state index is -0.421. The fraction of sp³-hybridized carbons (Fsp3) is 0.400. The maximum absolute atomic E-state index is 12.1. The molecule has 1 atom stereocenters. The number of rotatable bonds is 6. The van der Waals surface area contributed by atoms with E-state index in [1.807, 2.05) is 13.8 Å². The highest BCUT2D eigenvalue weighted by atomic mass is 32.2. The van der Waals surface area contributed by atoms with Gasteiger partial charge in [0.25, 0.3) is 0 Å². The average molecular weight is 338 g/mol. The van der Waals surface area contributed by atoms with E-state index in [0.29, 0.717) is 23.2 Å². The first-order valence-electron chi connectivity index (χ1n) is 7.09. The van der Waals surface area contributed by atoms with Crippen LogP contribution in [-0.4, -0.2) is 39.4 Å². The van der Waals surface area contributed by atoms with Gasteiger partial charge in [0.15, 0.2) is 0 Å². The van der Waals surface area contributed by atoms with Crippen molar-refractivity contribution in [3.8, 4) is 5.75 Å². The van der Waals surface area contributed by atoms with E-state index in [-0.39, 0.29) is 18.2 Å². The third kappa shape index (κ3) is 3.98. The summed E-state index contributed by atoms with van der Waals surface area (Å²) in [6.07, 6.45) is 0.118. The molecule has 1 saturated heterocycles. The van der Waals surface area contributed by atoms with Gasteiger partial charge in [-0.3, -0.25) is 14.5 Å². The van der Waals surface area contributed by atoms with E-state index < -0.39 is 5.25 Å². The molecule has 2 amide bonds. The van der Waals surface area contributed by atoms with E-state index in [9.17, 15) is 9.59 Å². The van der Waals surface area contributed by atoms with E-state index in [2.05, 4.69) is 5.32 Å². The van der Waals surface area contributed by atoms with Crippen molar-refractivity contribution >= 4 is 45.8 Å². The van der Waals surface area contributed by atoms with Gasteiger partial charge in [0.05, 0.1) is 11.9 Å². The van der Waals surface area contributed by atoms with Gasteiger partial charge >= 0.3 is 0 Å². The van der Waals surface area contributed by atoms with Crippen LogP contribution < -0.4 is 10.1 Å². The molecule has 0 aliphatic carbocycles. The Bertz CT molecular complexity index is 575. The summed E-state index contributed by atoms with van der Waals surface area (Å²) in [5.41, 5.74) is 0.679. The number of carbonyl (C=O) groups is 2. The average Bonchev–Trinajstić information content (AvgIpc) is 2.75. The molecule has 0 bridgehead atoms. The molecule has 1 aliphatic heterocycles. The predicted octanol–water partition coefficient (Wildman–Crippen LogP) is 2.66. The van der Waals surface area contributed by atoms with Gasteiger partial charge in [-0.25, -0.2) is 0 Å². The predicted molar refractivity (Wildman–Crippen MR) is 92.2 cm³/mol. The molecule has 22 heavy (non-hydrogen) atoms. The molecule has 0 saturated carbocycles. The van der Waals surface area contributed by atoms with Crippen LogP contribution in [0.3, 0.4) is 0 Å². The Labute approximate surface area is 139 Å². The molecule has 1 unspecified atom stereocenters. The molecular formula is C15H18N2O3S2. The molecule has 1 aromatic rings. The number of amides is 2. The lowest BCUT2D eigenvalue weighted by Crippen LogP contribution is -2.32. The second-order valence-electron chi connectivity index (χ2n) is 4.66. The third-order valence-corrected chi connectivity index (χ3v) is 4.72. The first kappa shape index (κ1) is 16.8. The summed E-state index contributed by atoms with van der Waals surface area (Å²) in [6.45, 7) is 4.92. The fourth-order valence-electron chi connectivity index (χ4n) is 2.09. The van der Waals surface area contributed by atoms with Crippen LogP contribution in [0.15, 0.2) is 24.3 Å². The molecule has 5 nitrogen and oxygen atoms in total. The Balaban J connectivity index is 1.90. The number of hydrogen-bond acceptors (Lipinski definition) is 5. The minimum absolute atomic E-state index is 0.0839. The minimum Gasteiger partial charge on any atom is -0.494 e. The Kier molecular flexibility index (Phi) is 5.79. The van der Waals surface area contributed by atoms with Gasteiger partial charge in [0, 0.05) is 18.7 Å². The van der Waals surface area contributed by atoms with Crippen molar-refractivity contribution in [2.45, 2.75) is 25.5 Å². The number of ether oxygens (including phenoxy) is 1. The van der Waals surface area contributed by atoms with E-state index in [4.69, 9.17) is 17.0 Å². The number of nitrogens with zero attached hydrogens (tertiary/aromatic N) is 1. The van der Waals surface area contributed by atoms with Gasteiger partial charge in [0.2, 0.25) is 11.8 Å². The van der Waals surface area contributed by atoms with Crippen molar-refractivity contribution in [2.24, 2.45) is 0 Å². The highest BCUT2D eigenvalue weighted by Gasteiger charge is 2.37. The monoisotopic (exact) mass is 338 g/mol. The summed E-state index contributed by atoms with van der Waals surface area (Å²) >= 11 is 6.42. The van der Waals surface area contributed by atoms with Gasteiger partial charge in [-0.05, 0) is 38.1 Å². The zero-order valence-electron chi connectivity index (χ0n) is 12.5. The van der Waals surface area contributed by atoms with Crippen molar-refractivity contribution < 1.29 is 14.3 Å². The quantitative estimate of drug-likeness (QED) is 0.808. The number of nitrogens with one attached hydrogen (secondary N) is 1. The van der Waals surface area contributed by atoms with Gasteiger partial charge in [-0.1, -0.05) is 24.0 Å². The number of thiocarbonyl (C=S) groups is 1. The Hall–Kier alpha value is -1.60. The molecule has 118 valence electrons. The number of carbonyl (C=O) groups excluding carboxylic acids is 2. The molecule has 1 fully saturated rings. The smallest absolute Gasteiger partial charge is 0.242 e. The molecule has 0 spiro atoms.